The fourth-order valence-corrected chi connectivity index (χ4v) is 2.49. The second-order valence-corrected chi connectivity index (χ2v) is 6.11. The van der Waals surface area contributed by atoms with E-state index < -0.39 is 4.92 Å². The molecule has 0 radical (unpaired) electrons. The third-order valence-electron chi connectivity index (χ3n) is 3.91. The Hall–Kier alpha value is -1.40. The second-order valence-electron chi connectivity index (χ2n) is 5.73. The fraction of sp³-hybridized carbons (Fsp3) is 0.615. The van der Waals surface area contributed by atoms with Crippen LogP contribution in [-0.4, -0.2) is 41.5 Å². The minimum atomic E-state index is -0.442. The van der Waals surface area contributed by atoms with Gasteiger partial charge in [-0.05, 0) is 44.5 Å². The number of hydrogen-bond acceptors (Lipinski definition) is 5. The van der Waals surface area contributed by atoms with Gasteiger partial charge in [-0.15, -0.1) is 0 Å². The average molecular weight is 299 g/mol. The van der Waals surface area contributed by atoms with Crippen LogP contribution in [0.25, 0.3) is 0 Å². The van der Waals surface area contributed by atoms with E-state index in [0.29, 0.717) is 6.54 Å². The number of aromatic nitrogens is 1. The lowest BCUT2D eigenvalue weighted by Gasteiger charge is -2.38. The smallest absolute Gasteiger partial charge is 0.311 e. The van der Waals surface area contributed by atoms with Crippen molar-refractivity contribution in [3.8, 4) is 0 Å². The largest absolute Gasteiger partial charge is 0.364 e. The van der Waals surface area contributed by atoms with E-state index in [1.54, 1.807) is 0 Å². The summed E-state index contributed by atoms with van der Waals surface area (Å²) in [5.41, 5.74) is 0.0932. The molecular formula is C13H19ClN4O2. The van der Waals surface area contributed by atoms with Crippen molar-refractivity contribution in [1.82, 2.24) is 9.88 Å². The van der Waals surface area contributed by atoms with Gasteiger partial charge in [0.2, 0.25) is 5.82 Å². The highest BCUT2D eigenvalue weighted by Crippen LogP contribution is 2.32. The summed E-state index contributed by atoms with van der Waals surface area (Å²) in [7, 11) is 2.11. The van der Waals surface area contributed by atoms with E-state index in [1.807, 2.05) is 0 Å². The molecule has 2 heterocycles. The first-order valence-electron chi connectivity index (χ1n) is 6.63. The lowest BCUT2D eigenvalue weighted by Crippen LogP contribution is -2.40. The van der Waals surface area contributed by atoms with Gasteiger partial charge in [-0.1, -0.05) is 18.5 Å². The van der Waals surface area contributed by atoms with E-state index in [9.17, 15) is 10.1 Å². The zero-order valence-electron chi connectivity index (χ0n) is 11.7. The molecule has 1 saturated heterocycles. The number of piperidine rings is 1. The van der Waals surface area contributed by atoms with Gasteiger partial charge in [-0.2, -0.15) is 0 Å². The number of pyridine rings is 1. The summed E-state index contributed by atoms with van der Waals surface area (Å²) >= 11 is 5.82. The van der Waals surface area contributed by atoms with Crippen molar-refractivity contribution in [2.45, 2.75) is 19.8 Å². The Morgan fingerprint density at radius 3 is 2.75 bits per heavy atom. The molecule has 1 N–H and O–H groups in total. The molecule has 20 heavy (non-hydrogen) atoms. The normalized spacial score (nSPS) is 18.8. The van der Waals surface area contributed by atoms with Gasteiger partial charge >= 0.3 is 5.69 Å². The Labute approximate surface area is 123 Å². The van der Waals surface area contributed by atoms with Crippen LogP contribution >= 0.6 is 11.6 Å². The average Bonchev–Trinajstić information content (AvgIpc) is 2.40. The number of halogens is 1. The summed E-state index contributed by atoms with van der Waals surface area (Å²) in [6.07, 6.45) is 2.12. The number of likely N-dealkylation sites (tertiary alicyclic amines) is 1. The van der Waals surface area contributed by atoms with Gasteiger partial charge in [-0.3, -0.25) is 10.1 Å². The molecule has 1 aliphatic rings. The summed E-state index contributed by atoms with van der Waals surface area (Å²) in [5.74, 6) is 0.252. The van der Waals surface area contributed by atoms with E-state index in [0.717, 1.165) is 25.9 Å². The van der Waals surface area contributed by atoms with Gasteiger partial charge in [0.25, 0.3) is 0 Å². The van der Waals surface area contributed by atoms with Crippen molar-refractivity contribution in [3.05, 3.63) is 27.4 Å². The molecule has 6 nitrogen and oxygen atoms in total. The Morgan fingerprint density at radius 1 is 1.50 bits per heavy atom. The third-order valence-corrected chi connectivity index (χ3v) is 4.12. The molecule has 2 rings (SSSR count). The summed E-state index contributed by atoms with van der Waals surface area (Å²) < 4.78 is 0. The zero-order chi connectivity index (χ0) is 14.8. The summed E-state index contributed by atoms with van der Waals surface area (Å²) in [6, 6.07) is 2.82. The van der Waals surface area contributed by atoms with Gasteiger partial charge in [0.15, 0.2) is 0 Å². The van der Waals surface area contributed by atoms with Crippen molar-refractivity contribution < 1.29 is 4.92 Å². The Kier molecular flexibility index (Phi) is 4.45. The molecule has 0 atom stereocenters. The molecule has 1 aromatic rings. The summed E-state index contributed by atoms with van der Waals surface area (Å²) in [6.45, 7) is 4.95. The number of anilines is 1. The molecule has 1 aromatic heterocycles. The highest BCUT2D eigenvalue weighted by molar-refractivity contribution is 6.29. The molecule has 1 aliphatic heterocycles. The lowest BCUT2D eigenvalue weighted by molar-refractivity contribution is -0.384. The van der Waals surface area contributed by atoms with Crippen LogP contribution in [0.1, 0.15) is 19.8 Å². The van der Waals surface area contributed by atoms with Gasteiger partial charge in [-0.25, -0.2) is 4.98 Å². The van der Waals surface area contributed by atoms with E-state index in [-0.39, 0.29) is 22.1 Å². The highest BCUT2D eigenvalue weighted by atomic mass is 35.5. The minimum Gasteiger partial charge on any atom is -0.364 e. The quantitative estimate of drug-likeness (QED) is 0.526. The van der Waals surface area contributed by atoms with Crippen LogP contribution in [0.4, 0.5) is 11.5 Å². The molecule has 110 valence electrons. The molecule has 0 aromatic carbocycles. The molecule has 0 saturated carbocycles. The number of rotatable bonds is 4. The molecule has 1 fully saturated rings. The zero-order valence-corrected chi connectivity index (χ0v) is 12.5. The van der Waals surface area contributed by atoms with Crippen LogP contribution in [0.15, 0.2) is 12.1 Å². The van der Waals surface area contributed by atoms with Crippen LogP contribution in [0, 0.1) is 15.5 Å². The Bertz CT molecular complexity index is 501. The minimum absolute atomic E-state index is 0.0362. The predicted octanol–water partition coefficient (Wildman–Crippen LogP) is 2.79. The standard InChI is InChI=1S/C13H19ClN4O2/c1-13(5-7-17(2)8-6-13)9-15-12-10(18(19)20)3-4-11(14)16-12/h3-4H,5-9H2,1-2H3,(H,15,16). The van der Waals surface area contributed by atoms with Gasteiger partial charge < -0.3 is 10.2 Å². The number of nitro groups is 1. The van der Waals surface area contributed by atoms with Crippen LogP contribution < -0.4 is 5.32 Å². The number of nitrogens with one attached hydrogen (secondary N) is 1. The van der Waals surface area contributed by atoms with Crippen molar-refractivity contribution in [3.63, 3.8) is 0 Å². The first-order chi connectivity index (χ1) is 9.39. The van der Waals surface area contributed by atoms with Crippen LogP contribution in [-0.2, 0) is 0 Å². The van der Waals surface area contributed by atoms with Crippen molar-refractivity contribution in [2.75, 3.05) is 32.0 Å². The molecule has 0 amide bonds. The highest BCUT2D eigenvalue weighted by Gasteiger charge is 2.29. The van der Waals surface area contributed by atoms with E-state index in [4.69, 9.17) is 11.6 Å². The van der Waals surface area contributed by atoms with Crippen molar-refractivity contribution >= 4 is 23.1 Å². The summed E-state index contributed by atoms with van der Waals surface area (Å²) in [5, 5.41) is 14.3. The van der Waals surface area contributed by atoms with E-state index in [1.165, 1.54) is 12.1 Å². The first kappa shape index (κ1) is 15.0. The topological polar surface area (TPSA) is 71.3 Å². The monoisotopic (exact) mass is 298 g/mol. The number of hydrogen-bond donors (Lipinski definition) is 1. The maximum absolute atomic E-state index is 11.0. The molecule has 0 aliphatic carbocycles. The fourth-order valence-electron chi connectivity index (χ4n) is 2.34. The molecule has 7 heteroatoms. The van der Waals surface area contributed by atoms with Gasteiger partial charge in [0.1, 0.15) is 5.15 Å². The van der Waals surface area contributed by atoms with Crippen LogP contribution in [0.2, 0.25) is 5.15 Å². The maximum Gasteiger partial charge on any atom is 0.311 e. The molecular weight excluding hydrogens is 280 g/mol. The molecule has 0 bridgehead atoms. The SMILES string of the molecule is CN1CCC(C)(CNc2nc(Cl)ccc2[N+](=O)[O-])CC1. The Morgan fingerprint density at radius 2 is 2.15 bits per heavy atom. The van der Waals surface area contributed by atoms with E-state index >= 15 is 0 Å². The van der Waals surface area contributed by atoms with Crippen molar-refractivity contribution in [2.24, 2.45) is 5.41 Å². The van der Waals surface area contributed by atoms with Crippen molar-refractivity contribution in [1.29, 1.82) is 0 Å². The first-order valence-corrected chi connectivity index (χ1v) is 7.01. The number of nitrogens with zero attached hydrogens (tertiary/aromatic N) is 3. The van der Waals surface area contributed by atoms with Gasteiger partial charge in [0.05, 0.1) is 4.92 Å². The van der Waals surface area contributed by atoms with E-state index in [2.05, 4.69) is 29.2 Å². The third kappa shape index (κ3) is 3.58. The molecule has 0 unspecified atom stereocenters. The van der Waals surface area contributed by atoms with Crippen LogP contribution in [0.3, 0.4) is 0 Å². The second kappa shape index (κ2) is 5.93. The van der Waals surface area contributed by atoms with Gasteiger partial charge in [0, 0.05) is 12.6 Å². The van der Waals surface area contributed by atoms with Crippen LogP contribution in [0.5, 0.6) is 0 Å². The lowest BCUT2D eigenvalue weighted by atomic mass is 9.80. The Balaban J connectivity index is 2.07. The summed E-state index contributed by atoms with van der Waals surface area (Å²) in [4.78, 5) is 16.9. The predicted molar refractivity (Wildman–Crippen MR) is 79.2 cm³/mol. The maximum atomic E-state index is 11.0. The molecule has 0 spiro atoms.